The fourth-order valence-corrected chi connectivity index (χ4v) is 2.94. The molecule has 3 atom stereocenters. The Morgan fingerprint density at radius 1 is 1.33 bits per heavy atom. The van der Waals surface area contributed by atoms with Gasteiger partial charge in [-0.2, -0.15) is 11.8 Å². The number of thioether (sulfide) groups is 1. The third-order valence-electron chi connectivity index (χ3n) is 3.26. The van der Waals surface area contributed by atoms with Gasteiger partial charge in [0.05, 0.1) is 6.04 Å². The van der Waals surface area contributed by atoms with Crippen molar-refractivity contribution in [2.75, 3.05) is 19.1 Å². The van der Waals surface area contributed by atoms with E-state index in [1.807, 2.05) is 26.1 Å². The molecule has 0 aliphatic heterocycles. The van der Waals surface area contributed by atoms with E-state index in [1.54, 1.807) is 17.8 Å². The summed E-state index contributed by atoms with van der Waals surface area (Å²) in [4.78, 5) is 2.17. The monoisotopic (exact) mass is 270 g/mol. The molecule has 0 aromatic heterocycles. The molecule has 0 radical (unpaired) electrons. The maximum absolute atomic E-state index is 13.9. The summed E-state index contributed by atoms with van der Waals surface area (Å²) in [5.41, 5.74) is 6.74. The van der Waals surface area contributed by atoms with E-state index in [2.05, 4.69) is 18.1 Å². The van der Waals surface area contributed by atoms with Crippen LogP contribution in [0.25, 0.3) is 0 Å². The van der Waals surface area contributed by atoms with Crippen LogP contribution in [0.15, 0.2) is 24.3 Å². The van der Waals surface area contributed by atoms with Crippen molar-refractivity contribution in [1.82, 2.24) is 4.90 Å². The molecule has 3 unspecified atom stereocenters. The predicted octanol–water partition coefficient (Wildman–Crippen LogP) is 2.90. The number of nitrogens with zero attached hydrogens (tertiary/aromatic N) is 1. The lowest BCUT2D eigenvalue weighted by molar-refractivity contribution is 0.174. The van der Waals surface area contributed by atoms with Crippen molar-refractivity contribution < 1.29 is 4.39 Å². The highest BCUT2D eigenvalue weighted by Crippen LogP contribution is 2.27. The second kappa shape index (κ2) is 7.12. The number of rotatable bonds is 6. The van der Waals surface area contributed by atoms with Crippen molar-refractivity contribution in [3.8, 4) is 0 Å². The summed E-state index contributed by atoms with van der Waals surface area (Å²) in [6, 6.07) is 7.05. The molecule has 18 heavy (non-hydrogen) atoms. The van der Waals surface area contributed by atoms with Crippen molar-refractivity contribution in [1.29, 1.82) is 0 Å². The summed E-state index contributed by atoms with van der Waals surface area (Å²) < 4.78 is 13.9. The molecule has 2 N–H and O–H groups in total. The van der Waals surface area contributed by atoms with E-state index < -0.39 is 0 Å². The molecule has 2 nitrogen and oxygen atoms in total. The average Bonchev–Trinajstić information content (AvgIpc) is 2.31. The lowest BCUT2D eigenvalue weighted by atomic mass is 9.98. The molecule has 0 amide bonds. The first-order valence-electron chi connectivity index (χ1n) is 6.20. The Morgan fingerprint density at radius 2 is 1.94 bits per heavy atom. The molecule has 1 rings (SSSR count). The van der Waals surface area contributed by atoms with Gasteiger partial charge in [-0.3, -0.25) is 4.90 Å². The molecule has 0 spiro atoms. The summed E-state index contributed by atoms with van der Waals surface area (Å²) in [5.74, 6) is 0.830. The Morgan fingerprint density at radius 3 is 2.44 bits per heavy atom. The molecule has 0 fully saturated rings. The average molecular weight is 270 g/mol. The van der Waals surface area contributed by atoms with E-state index in [1.165, 1.54) is 6.07 Å². The van der Waals surface area contributed by atoms with Crippen LogP contribution in [0, 0.1) is 5.82 Å². The maximum Gasteiger partial charge on any atom is 0.128 e. The van der Waals surface area contributed by atoms with Gasteiger partial charge in [-0.1, -0.05) is 18.2 Å². The quantitative estimate of drug-likeness (QED) is 0.862. The van der Waals surface area contributed by atoms with Crippen LogP contribution in [0.5, 0.6) is 0 Å². The Kier molecular flexibility index (Phi) is 6.12. The van der Waals surface area contributed by atoms with Gasteiger partial charge in [0.2, 0.25) is 0 Å². The molecule has 0 aliphatic rings. The fraction of sp³-hybridized carbons (Fsp3) is 0.571. The summed E-state index contributed by atoms with van der Waals surface area (Å²) in [6.45, 7) is 4.08. The van der Waals surface area contributed by atoms with Gasteiger partial charge < -0.3 is 5.73 Å². The van der Waals surface area contributed by atoms with E-state index in [-0.39, 0.29) is 17.9 Å². The van der Waals surface area contributed by atoms with Crippen LogP contribution < -0.4 is 5.73 Å². The van der Waals surface area contributed by atoms with Gasteiger partial charge in [0.25, 0.3) is 0 Å². The molecule has 1 aromatic rings. The van der Waals surface area contributed by atoms with Gasteiger partial charge in [0.15, 0.2) is 0 Å². The first-order valence-corrected chi connectivity index (χ1v) is 7.59. The number of hydrogen-bond donors (Lipinski definition) is 1. The van der Waals surface area contributed by atoms with Crippen LogP contribution in [0.2, 0.25) is 0 Å². The first-order chi connectivity index (χ1) is 8.49. The van der Waals surface area contributed by atoms with Crippen LogP contribution >= 0.6 is 11.8 Å². The number of halogens is 1. The molecular weight excluding hydrogens is 247 g/mol. The van der Waals surface area contributed by atoms with Gasteiger partial charge in [-0.15, -0.1) is 0 Å². The fourth-order valence-electron chi connectivity index (χ4n) is 2.22. The van der Waals surface area contributed by atoms with Crippen LogP contribution in [0.1, 0.15) is 25.5 Å². The summed E-state index contributed by atoms with van der Waals surface area (Å²) in [7, 11) is 2.02. The van der Waals surface area contributed by atoms with E-state index in [9.17, 15) is 4.39 Å². The minimum absolute atomic E-state index is 0.0895. The zero-order chi connectivity index (χ0) is 13.7. The number of benzene rings is 1. The third-order valence-corrected chi connectivity index (χ3v) is 4.08. The predicted molar refractivity (Wildman–Crippen MR) is 78.4 cm³/mol. The second-order valence-corrected chi connectivity index (χ2v) is 5.71. The second-order valence-electron chi connectivity index (χ2n) is 4.80. The Balaban J connectivity index is 3.00. The summed E-state index contributed by atoms with van der Waals surface area (Å²) in [6.07, 6.45) is 2.08. The molecule has 0 saturated heterocycles. The zero-order valence-corrected chi connectivity index (χ0v) is 12.4. The van der Waals surface area contributed by atoms with Crippen LogP contribution in [0.4, 0.5) is 4.39 Å². The SMILES string of the molecule is CSCC(C)N(C)C(c1ccccc1F)C(C)N. The molecule has 0 aliphatic carbocycles. The van der Waals surface area contributed by atoms with Crippen molar-refractivity contribution in [3.63, 3.8) is 0 Å². The van der Waals surface area contributed by atoms with Crippen molar-refractivity contribution >= 4 is 11.8 Å². The van der Waals surface area contributed by atoms with Crippen molar-refractivity contribution in [2.45, 2.75) is 32.0 Å². The Bertz CT molecular complexity index is 371. The standard InChI is InChI=1S/C14H23FN2S/c1-10(9-18-4)17(3)14(11(2)16)12-7-5-6-8-13(12)15/h5-8,10-11,14H,9,16H2,1-4H3. The van der Waals surface area contributed by atoms with E-state index in [0.29, 0.717) is 11.6 Å². The van der Waals surface area contributed by atoms with Crippen molar-refractivity contribution in [3.05, 3.63) is 35.6 Å². The Labute approximate surface area is 114 Å². The van der Waals surface area contributed by atoms with Gasteiger partial charge in [0, 0.05) is 23.4 Å². The highest BCUT2D eigenvalue weighted by molar-refractivity contribution is 7.98. The van der Waals surface area contributed by atoms with Gasteiger partial charge in [-0.25, -0.2) is 4.39 Å². The molecule has 102 valence electrons. The lowest BCUT2D eigenvalue weighted by Crippen LogP contribution is -2.43. The molecule has 1 aromatic carbocycles. The normalized spacial score (nSPS) is 16.6. The van der Waals surface area contributed by atoms with Crippen LogP contribution in [-0.4, -0.2) is 36.0 Å². The highest BCUT2D eigenvalue weighted by Gasteiger charge is 2.26. The Hall–Kier alpha value is -0.580. The zero-order valence-electron chi connectivity index (χ0n) is 11.6. The largest absolute Gasteiger partial charge is 0.326 e. The molecule has 0 heterocycles. The number of likely N-dealkylation sites (N-methyl/N-ethyl adjacent to an activating group) is 1. The van der Waals surface area contributed by atoms with Gasteiger partial charge in [-0.05, 0) is 33.2 Å². The first kappa shape index (κ1) is 15.5. The smallest absolute Gasteiger partial charge is 0.128 e. The summed E-state index contributed by atoms with van der Waals surface area (Å²) in [5, 5.41) is 0. The highest BCUT2D eigenvalue weighted by atomic mass is 32.2. The molecular formula is C14H23FN2S. The van der Waals surface area contributed by atoms with Crippen molar-refractivity contribution in [2.24, 2.45) is 5.73 Å². The van der Waals surface area contributed by atoms with Crippen LogP contribution in [0.3, 0.4) is 0 Å². The number of nitrogens with two attached hydrogens (primary N) is 1. The molecule has 0 saturated carbocycles. The maximum atomic E-state index is 13.9. The van der Waals surface area contributed by atoms with E-state index in [0.717, 1.165) is 5.75 Å². The van der Waals surface area contributed by atoms with Gasteiger partial charge >= 0.3 is 0 Å². The minimum Gasteiger partial charge on any atom is -0.326 e. The number of hydrogen-bond acceptors (Lipinski definition) is 3. The van der Waals surface area contributed by atoms with E-state index >= 15 is 0 Å². The summed E-state index contributed by atoms with van der Waals surface area (Å²) >= 11 is 1.79. The topological polar surface area (TPSA) is 29.3 Å². The molecule has 0 bridgehead atoms. The third kappa shape index (κ3) is 3.70. The minimum atomic E-state index is -0.178. The lowest BCUT2D eigenvalue weighted by Gasteiger charge is -2.35. The van der Waals surface area contributed by atoms with Crippen LogP contribution in [-0.2, 0) is 0 Å². The van der Waals surface area contributed by atoms with E-state index in [4.69, 9.17) is 5.73 Å². The molecule has 4 heteroatoms. The van der Waals surface area contributed by atoms with Gasteiger partial charge in [0.1, 0.15) is 5.82 Å².